The second-order valence-electron chi connectivity index (χ2n) is 8.48. The van der Waals surface area contributed by atoms with Gasteiger partial charge in [0, 0.05) is 18.8 Å². The van der Waals surface area contributed by atoms with Gasteiger partial charge in [-0.25, -0.2) is 18.7 Å². The van der Waals surface area contributed by atoms with Crippen LogP contribution in [0.25, 0.3) is 11.2 Å². The van der Waals surface area contributed by atoms with Gasteiger partial charge < -0.3 is 9.88 Å². The molecule has 0 fully saturated rings. The monoisotopic (exact) mass is 443 g/mol. The molecular weight excluding hydrogens is 413 g/mol. The summed E-state index contributed by atoms with van der Waals surface area (Å²) in [6.45, 7) is 8.33. The maximum absolute atomic E-state index is 13.8. The molecule has 0 spiro atoms. The van der Waals surface area contributed by atoms with Crippen LogP contribution in [0.1, 0.15) is 45.6 Å². The molecule has 0 unspecified atom stereocenters. The lowest BCUT2D eigenvalue weighted by Gasteiger charge is -2.13. The molecule has 1 N–H and O–H groups in total. The Balaban J connectivity index is 2.01. The molecule has 2 aromatic heterocycles. The number of unbranched alkanes of at least 4 members (excludes halogenated alkanes) is 1. The molecule has 0 radical (unpaired) electrons. The molecule has 172 valence electrons. The molecule has 0 bridgehead atoms. The van der Waals surface area contributed by atoms with Crippen molar-refractivity contribution in [3.8, 4) is 0 Å². The highest BCUT2D eigenvalue weighted by atomic mass is 19.1. The Kier molecular flexibility index (Phi) is 7.27. The number of hydrogen-bond donors (Lipinski definition) is 1. The molecular formula is C23H30FN5O3. The molecule has 0 saturated heterocycles. The van der Waals surface area contributed by atoms with E-state index < -0.39 is 29.5 Å². The predicted molar refractivity (Wildman–Crippen MR) is 122 cm³/mol. The molecule has 0 aliphatic rings. The van der Waals surface area contributed by atoms with Crippen LogP contribution >= 0.6 is 0 Å². The van der Waals surface area contributed by atoms with E-state index in [4.69, 9.17) is 0 Å². The van der Waals surface area contributed by atoms with Gasteiger partial charge in [-0.1, -0.05) is 33.3 Å². The Labute approximate surface area is 185 Å². The van der Waals surface area contributed by atoms with Crippen LogP contribution < -0.4 is 16.6 Å². The van der Waals surface area contributed by atoms with Crippen LogP contribution in [-0.4, -0.2) is 24.6 Å². The third kappa shape index (κ3) is 4.98. The summed E-state index contributed by atoms with van der Waals surface area (Å²) in [4.78, 5) is 43.3. The Morgan fingerprint density at radius 1 is 1.19 bits per heavy atom. The molecule has 0 aliphatic heterocycles. The Bertz CT molecular complexity index is 1240. The first-order chi connectivity index (χ1) is 15.2. The lowest BCUT2D eigenvalue weighted by atomic mass is 10.1. The number of imidazole rings is 1. The normalized spacial score (nSPS) is 11.4. The first-order valence-corrected chi connectivity index (χ1v) is 11.0. The van der Waals surface area contributed by atoms with Crippen molar-refractivity contribution in [2.75, 3.05) is 5.32 Å². The minimum absolute atomic E-state index is 0.264. The third-order valence-electron chi connectivity index (χ3n) is 5.42. The van der Waals surface area contributed by atoms with Crippen molar-refractivity contribution >= 4 is 22.8 Å². The van der Waals surface area contributed by atoms with Gasteiger partial charge in [0.2, 0.25) is 5.91 Å². The summed E-state index contributed by atoms with van der Waals surface area (Å²) in [6.07, 6.45) is 4.02. The van der Waals surface area contributed by atoms with E-state index in [2.05, 4.69) is 24.1 Å². The number of nitrogens with one attached hydrogen (secondary N) is 1. The molecule has 1 amide bonds. The summed E-state index contributed by atoms with van der Waals surface area (Å²) in [6, 6.07) is 4.33. The summed E-state index contributed by atoms with van der Waals surface area (Å²) in [7, 11) is 0. The van der Waals surface area contributed by atoms with Crippen molar-refractivity contribution < 1.29 is 9.18 Å². The number of halogens is 1. The van der Waals surface area contributed by atoms with E-state index in [1.807, 2.05) is 6.92 Å². The lowest BCUT2D eigenvalue weighted by molar-refractivity contribution is -0.116. The van der Waals surface area contributed by atoms with Crippen LogP contribution in [0.4, 0.5) is 10.1 Å². The number of fused-ring (bicyclic) bond motifs is 1. The average molecular weight is 444 g/mol. The highest BCUT2D eigenvalue weighted by Crippen LogP contribution is 2.14. The molecule has 8 nitrogen and oxygen atoms in total. The Morgan fingerprint density at radius 2 is 1.94 bits per heavy atom. The zero-order valence-corrected chi connectivity index (χ0v) is 19.0. The Morgan fingerprint density at radius 3 is 2.59 bits per heavy atom. The zero-order chi connectivity index (χ0) is 23.4. The summed E-state index contributed by atoms with van der Waals surface area (Å²) in [5.41, 5.74) is 0.253. The van der Waals surface area contributed by atoms with Crippen molar-refractivity contribution in [2.24, 2.45) is 5.92 Å². The van der Waals surface area contributed by atoms with Gasteiger partial charge in [0.05, 0.1) is 6.33 Å². The fraction of sp³-hybridized carbons (Fsp3) is 0.478. The van der Waals surface area contributed by atoms with Gasteiger partial charge in [0.1, 0.15) is 12.4 Å². The van der Waals surface area contributed by atoms with Crippen molar-refractivity contribution in [1.29, 1.82) is 0 Å². The van der Waals surface area contributed by atoms with Gasteiger partial charge in [-0.05, 0) is 43.4 Å². The van der Waals surface area contributed by atoms with E-state index in [9.17, 15) is 18.8 Å². The highest BCUT2D eigenvalue weighted by Gasteiger charge is 2.20. The predicted octanol–water partition coefficient (Wildman–Crippen LogP) is 3.29. The Hall–Kier alpha value is -3.23. The van der Waals surface area contributed by atoms with E-state index in [1.165, 1.54) is 10.6 Å². The van der Waals surface area contributed by atoms with Gasteiger partial charge in [0.15, 0.2) is 11.2 Å². The van der Waals surface area contributed by atoms with Crippen molar-refractivity contribution in [1.82, 2.24) is 18.7 Å². The molecule has 0 atom stereocenters. The quantitative estimate of drug-likeness (QED) is 0.549. The lowest BCUT2D eigenvalue weighted by Crippen LogP contribution is -2.43. The van der Waals surface area contributed by atoms with Gasteiger partial charge in [-0.3, -0.25) is 14.2 Å². The molecule has 2 heterocycles. The van der Waals surface area contributed by atoms with Crippen LogP contribution in [0.3, 0.4) is 0 Å². The number of benzene rings is 1. The fourth-order valence-corrected chi connectivity index (χ4v) is 3.48. The third-order valence-corrected chi connectivity index (χ3v) is 5.42. The molecule has 0 saturated carbocycles. The minimum Gasteiger partial charge on any atom is -0.325 e. The van der Waals surface area contributed by atoms with Gasteiger partial charge >= 0.3 is 5.69 Å². The molecule has 9 heteroatoms. The van der Waals surface area contributed by atoms with E-state index in [1.54, 1.807) is 30.0 Å². The van der Waals surface area contributed by atoms with Gasteiger partial charge in [0.25, 0.3) is 5.56 Å². The fourth-order valence-electron chi connectivity index (χ4n) is 3.48. The number of anilines is 1. The second-order valence-corrected chi connectivity index (χ2v) is 8.48. The number of aromatic nitrogens is 4. The smallest absolute Gasteiger partial charge is 0.325 e. The van der Waals surface area contributed by atoms with Crippen LogP contribution in [0, 0.1) is 18.7 Å². The number of aryl methyl sites for hydroxylation is 3. The van der Waals surface area contributed by atoms with E-state index in [-0.39, 0.29) is 5.69 Å². The number of hydrogen-bond acceptors (Lipinski definition) is 4. The average Bonchev–Trinajstić information content (AvgIpc) is 3.16. The highest BCUT2D eigenvalue weighted by molar-refractivity contribution is 5.90. The molecule has 1 aromatic carbocycles. The molecule has 0 aliphatic carbocycles. The standard InChI is InChI=1S/C23H30FN5O3/c1-5-6-10-28-21-20(27(14-25-21)11-9-15(2)3)22(31)29(23(28)32)13-19(30)26-17-8-7-16(4)18(24)12-17/h7-8,12,14-15H,5-6,9-11,13H2,1-4H3,(H,26,30). The van der Waals surface area contributed by atoms with Crippen molar-refractivity contribution in [3.63, 3.8) is 0 Å². The largest absolute Gasteiger partial charge is 0.333 e. The zero-order valence-electron chi connectivity index (χ0n) is 19.0. The second kappa shape index (κ2) is 9.93. The molecule has 32 heavy (non-hydrogen) atoms. The van der Waals surface area contributed by atoms with Gasteiger partial charge in [-0.2, -0.15) is 0 Å². The van der Waals surface area contributed by atoms with Crippen LogP contribution in [-0.2, 0) is 24.4 Å². The number of amides is 1. The summed E-state index contributed by atoms with van der Waals surface area (Å²) < 4.78 is 18.0. The van der Waals surface area contributed by atoms with E-state index in [0.29, 0.717) is 35.7 Å². The minimum atomic E-state index is -0.581. The summed E-state index contributed by atoms with van der Waals surface area (Å²) in [5.74, 6) is -0.596. The maximum atomic E-state index is 13.8. The number of rotatable bonds is 9. The first-order valence-electron chi connectivity index (χ1n) is 11.0. The SMILES string of the molecule is CCCCn1c(=O)n(CC(=O)Nc2ccc(C)c(F)c2)c(=O)c2c1ncn2CCC(C)C. The summed E-state index contributed by atoms with van der Waals surface area (Å²) >= 11 is 0. The van der Waals surface area contributed by atoms with Gasteiger partial charge in [-0.15, -0.1) is 0 Å². The van der Waals surface area contributed by atoms with Crippen LogP contribution in [0.5, 0.6) is 0 Å². The number of nitrogens with zero attached hydrogens (tertiary/aromatic N) is 4. The number of carbonyl (C=O) groups excluding carboxylic acids is 1. The first kappa shape index (κ1) is 23.4. The van der Waals surface area contributed by atoms with Crippen molar-refractivity contribution in [3.05, 3.63) is 56.7 Å². The van der Waals surface area contributed by atoms with E-state index >= 15 is 0 Å². The molecule has 3 rings (SSSR count). The number of carbonyl (C=O) groups is 1. The van der Waals surface area contributed by atoms with Crippen LogP contribution in [0.15, 0.2) is 34.1 Å². The maximum Gasteiger partial charge on any atom is 0.333 e. The topological polar surface area (TPSA) is 90.9 Å². The summed E-state index contributed by atoms with van der Waals surface area (Å²) in [5, 5.41) is 2.56. The van der Waals surface area contributed by atoms with Crippen LogP contribution in [0.2, 0.25) is 0 Å². The van der Waals surface area contributed by atoms with E-state index in [0.717, 1.165) is 23.8 Å². The molecule has 3 aromatic rings. The van der Waals surface area contributed by atoms with Crippen molar-refractivity contribution in [2.45, 2.75) is 66.6 Å².